The molecule has 0 saturated carbocycles. The second-order valence-corrected chi connectivity index (χ2v) is 7.05. The molecule has 27 heavy (non-hydrogen) atoms. The average molecular weight is 367 g/mol. The van der Waals surface area contributed by atoms with Crippen molar-refractivity contribution in [1.82, 2.24) is 5.32 Å². The molecule has 1 atom stereocenters. The highest BCUT2D eigenvalue weighted by molar-refractivity contribution is 5.33. The van der Waals surface area contributed by atoms with E-state index >= 15 is 0 Å². The number of nitrogens with one attached hydrogen (secondary N) is 1. The Morgan fingerprint density at radius 3 is 2.15 bits per heavy atom. The first kappa shape index (κ1) is 19.5. The summed E-state index contributed by atoms with van der Waals surface area (Å²) < 4.78 is 27.5. The van der Waals surface area contributed by atoms with Crippen LogP contribution < -0.4 is 5.32 Å². The van der Waals surface area contributed by atoms with Crippen LogP contribution in [0.25, 0.3) is 0 Å². The molecule has 0 heterocycles. The molecule has 2 aromatic carbocycles. The van der Waals surface area contributed by atoms with Gasteiger partial charge in [0.1, 0.15) is 11.6 Å². The molecule has 0 radical (unpaired) electrons. The summed E-state index contributed by atoms with van der Waals surface area (Å²) >= 11 is 0. The average Bonchev–Trinajstić information content (AvgIpc) is 2.69. The second-order valence-electron chi connectivity index (χ2n) is 7.05. The Morgan fingerprint density at radius 2 is 1.63 bits per heavy atom. The minimum atomic E-state index is -0.259. The van der Waals surface area contributed by atoms with Crippen molar-refractivity contribution in [2.24, 2.45) is 0 Å². The van der Waals surface area contributed by atoms with Crippen LogP contribution in [0, 0.1) is 11.6 Å². The molecule has 1 N–H and O–H groups in total. The Morgan fingerprint density at radius 1 is 0.963 bits per heavy atom. The zero-order valence-electron chi connectivity index (χ0n) is 15.8. The maximum absolute atomic E-state index is 13.8. The number of allylic oxidation sites excluding steroid dienone is 2. The van der Waals surface area contributed by atoms with E-state index in [4.69, 9.17) is 0 Å². The van der Waals surface area contributed by atoms with Crippen molar-refractivity contribution in [1.29, 1.82) is 0 Å². The van der Waals surface area contributed by atoms with E-state index in [1.54, 1.807) is 24.3 Å². The van der Waals surface area contributed by atoms with Gasteiger partial charge < -0.3 is 5.32 Å². The molecule has 0 aliphatic heterocycles. The molecular formula is C24H27F2N. The monoisotopic (exact) mass is 367 g/mol. The Kier molecular flexibility index (Phi) is 6.94. The highest BCUT2D eigenvalue weighted by Crippen LogP contribution is 2.29. The minimum absolute atomic E-state index is 0.0442. The van der Waals surface area contributed by atoms with Gasteiger partial charge in [-0.1, -0.05) is 49.4 Å². The minimum Gasteiger partial charge on any atom is -0.310 e. The lowest BCUT2D eigenvalue weighted by molar-refractivity contribution is 0.528. The van der Waals surface area contributed by atoms with E-state index in [2.05, 4.69) is 30.5 Å². The fourth-order valence-corrected chi connectivity index (χ4v) is 3.76. The molecular weight excluding hydrogens is 340 g/mol. The summed E-state index contributed by atoms with van der Waals surface area (Å²) in [5, 5.41) is 3.63. The first-order valence-corrected chi connectivity index (χ1v) is 9.78. The number of benzene rings is 2. The first-order chi connectivity index (χ1) is 13.2. The molecule has 1 nitrogen and oxygen atoms in total. The van der Waals surface area contributed by atoms with Gasteiger partial charge in [-0.2, -0.15) is 0 Å². The van der Waals surface area contributed by atoms with Crippen LogP contribution in [0.4, 0.5) is 8.78 Å². The van der Waals surface area contributed by atoms with Crippen LogP contribution in [0.3, 0.4) is 0 Å². The van der Waals surface area contributed by atoms with E-state index in [0.29, 0.717) is 6.04 Å². The maximum atomic E-state index is 13.8. The molecule has 1 aliphatic carbocycles. The normalized spacial score (nSPS) is 15.0. The molecule has 0 amide bonds. The SMILES string of the molecule is CCC(NCCC(c1cccc(F)c1)c1cccc(F)c1)C1=CCCC=C1. The van der Waals surface area contributed by atoms with E-state index in [1.165, 1.54) is 17.7 Å². The van der Waals surface area contributed by atoms with Crippen molar-refractivity contribution in [3.63, 3.8) is 0 Å². The molecule has 3 heteroatoms. The van der Waals surface area contributed by atoms with Crippen LogP contribution in [-0.4, -0.2) is 12.6 Å². The van der Waals surface area contributed by atoms with Gasteiger partial charge >= 0.3 is 0 Å². The quantitative estimate of drug-likeness (QED) is 0.592. The largest absolute Gasteiger partial charge is 0.310 e. The fourth-order valence-electron chi connectivity index (χ4n) is 3.76. The van der Waals surface area contributed by atoms with Crippen LogP contribution in [0.5, 0.6) is 0 Å². The molecule has 3 rings (SSSR count). The van der Waals surface area contributed by atoms with Crippen molar-refractivity contribution in [2.45, 2.75) is 44.6 Å². The van der Waals surface area contributed by atoms with Crippen molar-refractivity contribution < 1.29 is 8.78 Å². The van der Waals surface area contributed by atoms with Crippen molar-refractivity contribution in [3.8, 4) is 0 Å². The standard InChI is InChI=1S/C24H27F2N/c1-2-24(18-8-4-3-5-9-18)27-15-14-23(19-10-6-12-21(25)16-19)20-11-7-13-22(26)17-20/h4,6-13,16-17,23-24,27H,2-3,5,14-15H2,1H3. The molecule has 0 aromatic heterocycles. The Balaban J connectivity index is 1.73. The lowest BCUT2D eigenvalue weighted by Crippen LogP contribution is -2.32. The number of hydrogen-bond acceptors (Lipinski definition) is 1. The summed E-state index contributed by atoms with van der Waals surface area (Å²) in [5.41, 5.74) is 3.11. The summed E-state index contributed by atoms with van der Waals surface area (Å²) in [6.07, 6.45) is 10.7. The highest BCUT2D eigenvalue weighted by Gasteiger charge is 2.17. The van der Waals surface area contributed by atoms with Gasteiger partial charge in [-0.25, -0.2) is 8.78 Å². The summed E-state index contributed by atoms with van der Waals surface area (Å²) in [6.45, 7) is 2.96. The first-order valence-electron chi connectivity index (χ1n) is 9.78. The molecule has 1 aliphatic rings. The van der Waals surface area contributed by atoms with Crippen molar-refractivity contribution in [3.05, 3.63) is 95.1 Å². The van der Waals surface area contributed by atoms with Crippen molar-refractivity contribution in [2.75, 3.05) is 6.54 Å². The van der Waals surface area contributed by atoms with Gasteiger partial charge in [-0.3, -0.25) is 0 Å². The van der Waals surface area contributed by atoms with Crippen molar-refractivity contribution >= 4 is 0 Å². The van der Waals surface area contributed by atoms with Crippen LogP contribution in [0.15, 0.2) is 72.3 Å². The van der Waals surface area contributed by atoms with Gasteiger partial charge in [0.2, 0.25) is 0 Å². The number of hydrogen-bond donors (Lipinski definition) is 1. The van der Waals surface area contributed by atoms with Gasteiger partial charge in [0, 0.05) is 12.0 Å². The van der Waals surface area contributed by atoms with Crippen LogP contribution >= 0.6 is 0 Å². The third-order valence-electron chi connectivity index (χ3n) is 5.16. The van der Waals surface area contributed by atoms with Gasteiger partial charge in [-0.15, -0.1) is 0 Å². The van der Waals surface area contributed by atoms with Crippen LogP contribution in [0.2, 0.25) is 0 Å². The number of rotatable bonds is 8. The third-order valence-corrected chi connectivity index (χ3v) is 5.16. The molecule has 0 bridgehead atoms. The Bertz CT molecular complexity index is 764. The van der Waals surface area contributed by atoms with Gasteiger partial charge in [0.25, 0.3) is 0 Å². The summed E-state index contributed by atoms with van der Waals surface area (Å²) in [4.78, 5) is 0. The van der Waals surface area contributed by atoms with E-state index in [0.717, 1.165) is 43.4 Å². The second kappa shape index (κ2) is 9.61. The molecule has 0 saturated heterocycles. The maximum Gasteiger partial charge on any atom is 0.123 e. The summed E-state index contributed by atoms with van der Waals surface area (Å²) in [7, 11) is 0. The predicted molar refractivity (Wildman–Crippen MR) is 108 cm³/mol. The third kappa shape index (κ3) is 5.36. The predicted octanol–water partition coefficient (Wildman–Crippen LogP) is 6.13. The zero-order valence-corrected chi connectivity index (χ0v) is 15.8. The van der Waals surface area contributed by atoms with E-state index < -0.39 is 0 Å². The molecule has 2 aromatic rings. The topological polar surface area (TPSA) is 12.0 Å². The smallest absolute Gasteiger partial charge is 0.123 e. The fraction of sp³-hybridized carbons (Fsp3) is 0.333. The Hall–Kier alpha value is -2.26. The Labute approximate surface area is 160 Å². The van der Waals surface area contributed by atoms with Gasteiger partial charge in [0.05, 0.1) is 0 Å². The molecule has 142 valence electrons. The summed E-state index contributed by atoms with van der Waals surface area (Å²) in [6, 6.07) is 13.6. The number of halogens is 2. The highest BCUT2D eigenvalue weighted by atomic mass is 19.1. The van der Waals surface area contributed by atoms with E-state index in [1.807, 2.05) is 12.1 Å². The molecule has 0 spiro atoms. The van der Waals surface area contributed by atoms with E-state index in [-0.39, 0.29) is 17.6 Å². The van der Waals surface area contributed by atoms with Crippen LogP contribution in [0.1, 0.15) is 49.7 Å². The lowest BCUT2D eigenvalue weighted by atomic mass is 9.88. The molecule has 0 fully saturated rings. The van der Waals surface area contributed by atoms with Crippen LogP contribution in [-0.2, 0) is 0 Å². The van der Waals surface area contributed by atoms with Gasteiger partial charge in [-0.05, 0) is 73.2 Å². The summed E-state index contributed by atoms with van der Waals surface area (Å²) in [5.74, 6) is -0.561. The van der Waals surface area contributed by atoms with E-state index in [9.17, 15) is 8.78 Å². The zero-order chi connectivity index (χ0) is 19.1. The lowest BCUT2D eigenvalue weighted by Gasteiger charge is -2.23. The van der Waals surface area contributed by atoms with Gasteiger partial charge in [0.15, 0.2) is 0 Å². The molecule has 1 unspecified atom stereocenters.